The summed E-state index contributed by atoms with van der Waals surface area (Å²) >= 11 is 0. The molecule has 1 aromatic rings. The van der Waals surface area contributed by atoms with Crippen molar-refractivity contribution in [2.24, 2.45) is 5.92 Å². The maximum absolute atomic E-state index is 11.9. The van der Waals surface area contributed by atoms with Gasteiger partial charge in [-0.1, -0.05) is 12.8 Å². The second kappa shape index (κ2) is 5.09. The van der Waals surface area contributed by atoms with E-state index in [9.17, 15) is 4.79 Å². The van der Waals surface area contributed by atoms with Gasteiger partial charge < -0.3 is 5.32 Å². The smallest absolute Gasteiger partial charge is 0.224 e. The molecule has 0 unspecified atom stereocenters. The van der Waals surface area contributed by atoms with E-state index in [0.29, 0.717) is 12.3 Å². The molecule has 1 amide bonds. The Balaban J connectivity index is 1.60. The molecular weight excluding hydrogens is 224 g/mol. The molecule has 0 saturated heterocycles. The fraction of sp³-hybridized carbons (Fsp3) is 0.600. The maximum atomic E-state index is 11.9. The lowest BCUT2D eigenvalue weighted by atomic mass is 10.0. The van der Waals surface area contributed by atoms with Gasteiger partial charge in [-0.25, -0.2) is 0 Å². The van der Waals surface area contributed by atoms with Crippen molar-refractivity contribution in [3.05, 3.63) is 23.5 Å². The summed E-state index contributed by atoms with van der Waals surface area (Å²) in [7, 11) is 0. The lowest BCUT2D eigenvalue weighted by molar-refractivity contribution is -0.117. The Labute approximate surface area is 108 Å². The Morgan fingerprint density at radius 2 is 2.11 bits per heavy atom. The molecule has 0 atom stereocenters. The van der Waals surface area contributed by atoms with Gasteiger partial charge >= 0.3 is 0 Å². The minimum absolute atomic E-state index is 0.154. The Morgan fingerprint density at radius 1 is 1.28 bits per heavy atom. The van der Waals surface area contributed by atoms with Crippen LogP contribution in [0.1, 0.15) is 49.8 Å². The topological polar surface area (TPSA) is 42.0 Å². The molecule has 3 heteroatoms. The van der Waals surface area contributed by atoms with Gasteiger partial charge in [-0.2, -0.15) is 0 Å². The van der Waals surface area contributed by atoms with Crippen LogP contribution in [0.15, 0.2) is 12.3 Å². The van der Waals surface area contributed by atoms with E-state index in [1.165, 1.54) is 43.4 Å². The van der Waals surface area contributed by atoms with Crippen LogP contribution in [0.5, 0.6) is 0 Å². The average molecular weight is 244 g/mol. The predicted molar refractivity (Wildman–Crippen MR) is 71.5 cm³/mol. The number of amides is 1. The molecule has 18 heavy (non-hydrogen) atoms. The molecule has 1 fully saturated rings. The normalized spacial score (nSPS) is 18.9. The maximum Gasteiger partial charge on any atom is 0.224 e. The number of carbonyl (C=O) groups excluding carboxylic acids is 1. The summed E-state index contributed by atoms with van der Waals surface area (Å²) in [6.07, 6.45) is 10.9. The minimum atomic E-state index is 0.154. The van der Waals surface area contributed by atoms with Crippen molar-refractivity contribution < 1.29 is 4.79 Å². The van der Waals surface area contributed by atoms with E-state index in [1.54, 1.807) is 6.20 Å². The number of anilines is 1. The quantitative estimate of drug-likeness (QED) is 0.887. The molecular formula is C15H20N2O. The molecule has 1 heterocycles. The summed E-state index contributed by atoms with van der Waals surface area (Å²) in [5, 5.41) is 3.00. The lowest BCUT2D eigenvalue weighted by Gasteiger charge is -2.10. The van der Waals surface area contributed by atoms with E-state index in [1.807, 2.05) is 0 Å². The number of pyridine rings is 1. The first-order valence-corrected chi connectivity index (χ1v) is 7.09. The Morgan fingerprint density at radius 3 is 2.94 bits per heavy atom. The van der Waals surface area contributed by atoms with Crippen LogP contribution in [-0.4, -0.2) is 10.9 Å². The Kier molecular flexibility index (Phi) is 3.31. The highest BCUT2D eigenvalue weighted by Crippen LogP contribution is 2.28. The summed E-state index contributed by atoms with van der Waals surface area (Å²) < 4.78 is 0. The highest BCUT2D eigenvalue weighted by atomic mass is 16.1. The zero-order chi connectivity index (χ0) is 12.4. The Hall–Kier alpha value is -1.38. The Bertz CT molecular complexity index is 450. The second-order valence-electron chi connectivity index (χ2n) is 5.59. The zero-order valence-electron chi connectivity index (χ0n) is 10.7. The highest BCUT2D eigenvalue weighted by molar-refractivity contribution is 5.90. The van der Waals surface area contributed by atoms with Gasteiger partial charge in [0.15, 0.2) is 0 Å². The number of nitrogens with one attached hydrogen (secondary N) is 1. The van der Waals surface area contributed by atoms with Gasteiger partial charge in [-0.3, -0.25) is 9.78 Å². The van der Waals surface area contributed by atoms with Crippen molar-refractivity contribution in [3.63, 3.8) is 0 Å². The largest absolute Gasteiger partial charge is 0.325 e. The summed E-state index contributed by atoms with van der Waals surface area (Å²) in [5.41, 5.74) is 3.40. The van der Waals surface area contributed by atoms with Gasteiger partial charge in [0.2, 0.25) is 5.91 Å². The van der Waals surface area contributed by atoms with E-state index in [-0.39, 0.29) is 5.91 Å². The van der Waals surface area contributed by atoms with Crippen molar-refractivity contribution in [1.82, 2.24) is 4.98 Å². The van der Waals surface area contributed by atoms with Crippen molar-refractivity contribution >= 4 is 11.6 Å². The van der Waals surface area contributed by atoms with E-state index < -0.39 is 0 Å². The summed E-state index contributed by atoms with van der Waals surface area (Å²) in [6, 6.07) is 2.10. The molecule has 0 aromatic carbocycles. The van der Waals surface area contributed by atoms with Crippen LogP contribution in [0.4, 0.5) is 5.69 Å². The van der Waals surface area contributed by atoms with Crippen molar-refractivity contribution in [3.8, 4) is 0 Å². The molecule has 0 radical (unpaired) electrons. The first-order chi connectivity index (χ1) is 8.81. The van der Waals surface area contributed by atoms with Crippen molar-refractivity contribution in [2.45, 2.75) is 51.4 Å². The molecule has 96 valence electrons. The second-order valence-corrected chi connectivity index (χ2v) is 5.59. The van der Waals surface area contributed by atoms with Crippen LogP contribution in [0.2, 0.25) is 0 Å². The number of fused-ring (bicyclic) bond motifs is 1. The molecule has 1 aromatic heterocycles. The number of nitrogens with zero attached hydrogens (tertiary/aromatic N) is 1. The summed E-state index contributed by atoms with van der Waals surface area (Å²) in [5.74, 6) is 0.758. The molecule has 0 spiro atoms. The number of carbonyl (C=O) groups is 1. The van der Waals surface area contributed by atoms with Crippen LogP contribution in [-0.2, 0) is 17.6 Å². The van der Waals surface area contributed by atoms with Crippen LogP contribution >= 0.6 is 0 Å². The molecule has 0 aliphatic heterocycles. The van der Waals surface area contributed by atoms with Gasteiger partial charge in [-0.05, 0) is 49.7 Å². The number of rotatable bonds is 3. The van der Waals surface area contributed by atoms with E-state index in [4.69, 9.17) is 0 Å². The zero-order valence-corrected chi connectivity index (χ0v) is 10.7. The molecule has 0 bridgehead atoms. The third kappa shape index (κ3) is 2.55. The number of hydrogen-bond donors (Lipinski definition) is 1. The monoisotopic (exact) mass is 244 g/mol. The minimum Gasteiger partial charge on any atom is -0.325 e. The van der Waals surface area contributed by atoms with Gasteiger partial charge in [0.1, 0.15) is 0 Å². The molecule has 1 saturated carbocycles. The van der Waals surface area contributed by atoms with Crippen LogP contribution in [0.3, 0.4) is 0 Å². The van der Waals surface area contributed by atoms with Gasteiger partial charge in [-0.15, -0.1) is 0 Å². The average Bonchev–Trinajstić information content (AvgIpc) is 2.98. The number of hydrogen-bond acceptors (Lipinski definition) is 2. The van der Waals surface area contributed by atoms with Gasteiger partial charge in [0.05, 0.1) is 11.9 Å². The van der Waals surface area contributed by atoms with Crippen LogP contribution < -0.4 is 5.32 Å². The van der Waals surface area contributed by atoms with Crippen LogP contribution in [0.25, 0.3) is 0 Å². The standard InChI is InChI=1S/C15H20N2O/c18-15(8-11-4-1-2-5-11)17-13-9-12-6-3-7-14(12)16-10-13/h9-11H,1-8H2,(H,17,18). The van der Waals surface area contributed by atoms with E-state index in [0.717, 1.165) is 18.5 Å². The lowest BCUT2D eigenvalue weighted by Crippen LogP contribution is -2.15. The number of aromatic nitrogens is 1. The first-order valence-electron chi connectivity index (χ1n) is 7.09. The van der Waals surface area contributed by atoms with Crippen LogP contribution in [0, 0.1) is 5.92 Å². The number of aryl methyl sites for hydroxylation is 2. The highest BCUT2D eigenvalue weighted by Gasteiger charge is 2.19. The van der Waals surface area contributed by atoms with Gasteiger partial charge in [0.25, 0.3) is 0 Å². The van der Waals surface area contributed by atoms with Crippen molar-refractivity contribution in [1.29, 1.82) is 0 Å². The van der Waals surface area contributed by atoms with Gasteiger partial charge in [0, 0.05) is 12.1 Å². The van der Waals surface area contributed by atoms with E-state index >= 15 is 0 Å². The molecule has 1 N–H and O–H groups in total. The summed E-state index contributed by atoms with van der Waals surface area (Å²) in [4.78, 5) is 16.4. The molecule has 2 aliphatic carbocycles. The molecule has 2 aliphatic rings. The first kappa shape index (κ1) is 11.7. The molecule has 3 rings (SSSR count). The fourth-order valence-electron chi connectivity index (χ4n) is 3.18. The molecule has 3 nitrogen and oxygen atoms in total. The van der Waals surface area contributed by atoms with Crippen molar-refractivity contribution in [2.75, 3.05) is 5.32 Å². The third-order valence-electron chi connectivity index (χ3n) is 4.15. The third-order valence-corrected chi connectivity index (χ3v) is 4.15. The summed E-state index contributed by atoms with van der Waals surface area (Å²) in [6.45, 7) is 0. The predicted octanol–water partition coefficient (Wildman–Crippen LogP) is 3.09. The SMILES string of the molecule is O=C(CC1CCCC1)Nc1cnc2c(c1)CCC2. The fourth-order valence-corrected chi connectivity index (χ4v) is 3.18. The van der Waals surface area contributed by atoms with E-state index in [2.05, 4.69) is 16.4 Å².